The zero-order chi connectivity index (χ0) is 22.4. The maximum absolute atomic E-state index is 13.1. The first-order valence-corrected chi connectivity index (χ1v) is 10.8. The standard InChI is InChI=1S/C22H27NO7S/c1-26-9-10-30-22(25)18-14-7-5-6-8-17(14)31-21(18)23-20(24)13-11-15(27-2)19(29-4)16(12-13)28-3/h11-12H,5-10H2,1-4H3,(H,23,24). The molecule has 0 saturated heterocycles. The Morgan fingerprint density at radius 3 is 2.26 bits per heavy atom. The Bertz CT molecular complexity index is 929. The van der Waals surface area contributed by atoms with Crippen molar-refractivity contribution in [2.24, 2.45) is 0 Å². The van der Waals surface area contributed by atoms with Crippen molar-refractivity contribution in [1.29, 1.82) is 0 Å². The second-order valence-electron chi connectivity index (χ2n) is 6.91. The number of rotatable bonds is 9. The van der Waals surface area contributed by atoms with E-state index < -0.39 is 5.97 Å². The number of anilines is 1. The van der Waals surface area contributed by atoms with E-state index in [-0.39, 0.29) is 12.5 Å². The molecule has 0 spiro atoms. The van der Waals surface area contributed by atoms with E-state index in [1.807, 2.05) is 0 Å². The Hall–Kier alpha value is -2.78. The number of fused-ring (bicyclic) bond motifs is 1. The average molecular weight is 450 g/mol. The van der Waals surface area contributed by atoms with Crippen LogP contribution < -0.4 is 19.5 Å². The number of amides is 1. The van der Waals surface area contributed by atoms with E-state index in [2.05, 4.69) is 5.32 Å². The van der Waals surface area contributed by atoms with Gasteiger partial charge in [0.1, 0.15) is 11.6 Å². The Morgan fingerprint density at radius 2 is 1.65 bits per heavy atom. The fraction of sp³-hybridized carbons (Fsp3) is 0.455. The first-order valence-electron chi connectivity index (χ1n) is 9.96. The van der Waals surface area contributed by atoms with Crippen molar-refractivity contribution in [3.63, 3.8) is 0 Å². The minimum absolute atomic E-state index is 0.153. The first kappa shape index (κ1) is 22.9. The molecule has 0 fully saturated rings. The van der Waals surface area contributed by atoms with Gasteiger partial charge in [-0.2, -0.15) is 0 Å². The van der Waals surface area contributed by atoms with Crippen LogP contribution in [0, 0.1) is 0 Å². The molecule has 0 bridgehead atoms. The Morgan fingerprint density at radius 1 is 0.968 bits per heavy atom. The number of carbonyl (C=O) groups excluding carboxylic acids is 2. The lowest BCUT2D eigenvalue weighted by atomic mass is 9.95. The molecular formula is C22H27NO7S. The van der Waals surface area contributed by atoms with Gasteiger partial charge in [0.15, 0.2) is 11.5 Å². The number of hydrogen-bond acceptors (Lipinski definition) is 8. The number of thiophene rings is 1. The molecule has 0 unspecified atom stereocenters. The quantitative estimate of drug-likeness (QED) is 0.461. The lowest BCUT2D eigenvalue weighted by Crippen LogP contribution is -2.17. The predicted octanol–water partition coefficient (Wildman–Crippen LogP) is 3.71. The van der Waals surface area contributed by atoms with Crippen LogP contribution in [0.15, 0.2) is 12.1 Å². The summed E-state index contributed by atoms with van der Waals surface area (Å²) in [6, 6.07) is 3.14. The van der Waals surface area contributed by atoms with E-state index in [0.29, 0.717) is 40.0 Å². The van der Waals surface area contributed by atoms with Crippen molar-refractivity contribution in [3.8, 4) is 17.2 Å². The molecule has 1 aliphatic rings. The summed E-state index contributed by atoms with van der Waals surface area (Å²) in [5.41, 5.74) is 1.73. The van der Waals surface area contributed by atoms with Crippen LogP contribution in [0.2, 0.25) is 0 Å². The third-order valence-electron chi connectivity index (χ3n) is 5.05. The van der Waals surface area contributed by atoms with E-state index in [1.165, 1.54) is 32.7 Å². The van der Waals surface area contributed by atoms with Crippen LogP contribution in [0.5, 0.6) is 17.2 Å². The second-order valence-corrected chi connectivity index (χ2v) is 8.02. The molecule has 0 radical (unpaired) electrons. The van der Waals surface area contributed by atoms with Crippen molar-refractivity contribution in [2.45, 2.75) is 25.7 Å². The van der Waals surface area contributed by atoms with Crippen LogP contribution in [0.3, 0.4) is 0 Å². The first-order chi connectivity index (χ1) is 15.0. The third kappa shape index (κ3) is 4.94. The van der Waals surface area contributed by atoms with Crippen LogP contribution in [0.1, 0.15) is 44.0 Å². The van der Waals surface area contributed by atoms with E-state index in [0.717, 1.165) is 36.1 Å². The molecule has 1 aliphatic carbocycles. The number of carbonyl (C=O) groups is 2. The SMILES string of the molecule is COCCOC(=O)c1c(NC(=O)c2cc(OC)c(OC)c(OC)c2)sc2c1CCCC2. The van der Waals surface area contributed by atoms with Crippen LogP contribution in [0.25, 0.3) is 0 Å². The molecule has 31 heavy (non-hydrogen) atoms. The maximum atomic E-state index is 13.1. The fourth-order valence-electron chi connectivity index (χ4n) is 3.55. The lowest BCUT2D eigenvalue weighted by molar-refractivity contribution is 0.0388. The highest BCUT2D eigenvalue weighted by Crippen LogP contribution is 2.40. The Labute approximate surface area is 185 Å². The summed E-state index contributed by atoms with van der Waals surface area (Å²) in [5, 5.41) is 3.38. The molecule has 0 saturated carbocycles. The molecule has 1 aromatic carbocycles. The van der Waals surface area contributed by atoms with Crippen molar-refractivity contribution in [1.82, 2.24) is 0 Å². The molecule has 9 heteroatoms. The van der Waals surface area contributed by atoms with Gasteiger partial charge in [-0.1, -0.05) is 0 Å². The average Bonchev–Trinajstić information content (AvgIpc) is 3.15. The molecule has 0 atom stereocenters. The number of benzene rings is 1. The highest BCUT2D eigenvalue weighted by Gasteiger charge is 2.28. The summed E-state index contributed by atoms with van der Waals surface area (Å²) < 4.78 is 26.3. The summed E-state index contributed by atoms with van der Waals surface area (Å²) in [7, 11) is 6.02. The molecule has 0 aliphatic heterocycles. The van der Waals surface area contributed by atoms with Gasteiger partial charge < -0.3 is 29.0 Å². The molecule has 8 nitrogen and oxygen atoms in total. The summed E-state index contributed by atoms with van der Waals surface area (Å²) in [5.74, 6) is 0.310. The smallest absolute Gasteiger partial charge is 0.341 e. The van der Waals surface area contributed by atoms with Gasteiger partial charge in [0, 0.05) is 17.6 Å². The summed E-state index contributed by atoms with van der Waals surface area (Å²) in [6.07, 6.45) is 3.74. The zero-order valence-electron chi connectivity index (χ0n) is 18.2. The van der Waals surface area contributed by atoms with Crippen molar-refractivity contribution < 1.29 is 33.3 Å². The molecule has 1 aromatic heterocycles. The van der Waals surface area contributed by atoms with E-state index in [4.69, 9.17) is 23.7 Å². The Balaban J connectivity index is 1.92. The van der Waals surface area contributed by atoms with Gasteiger partial charge in [-0.25, -0.2) is 4.79 Å². The molecule has 1 heterocycles. The number of ether oxygens (including phenoxy) is 5. The molecule has 168 valence electrons. The van der Waals surface area contributed by atoms with Gasteiger partial charge >= 0.3 is 5.97 Å². The lowest BCUT2D eigenvalue weighted by Gasteiger charge is -2.14. The summed E-state index contributed by atoms with van der Waals surface area (Å²) >= 11 is 1.43. The van der Waals surface area contributed by atoms with E-state index in [9.17, 15) is 9.59 Å². The van der Waals surface area contributed by atoms with Gasteiger partial charge in [-0.05, 0) is 43.4 Å². The minimum atomic E-state index is -0.448. The second kappa shape index (κ2) is 10.5. The highest BCUT2D eigenvalue weighted by atomic mass is 32.1. The number of methoxy groups -OCH3 is 4. The number of nitrogens with one attached hydrogen (secondary N) is 1. The highest BCUT2D eigenvalue weighted by molar-refractivity contribution is 7.17. The monoisotopic (exact) mass is 449 g/mol. The normalized spacial score (nSPS) is 12.6. The van der Waals surface area contributed by atoms with Crippen LogP contribution in [0.4, 0.5) is 5.00 Å². The number of aryl methyl sites for hydroxylation is 1. The van der Waals surface area contributed by atoms with Crippen LogP contribution >= 0.6 is 11.3 Å². The van der Waals surface area contributed by atoms with Gasteiger partial charge in [-0.3, -0.25) is 4.79 Å². The summed E-state index contributed by atoms with van der Waals surface area (Å²) in [6.45, 7) is 0.464. The zero-order valence-corrected chi connectivity index (χ0v) is 19.0. The van der Waals surface area contributed by atoms with Crippen LogP contribution in [-0.4, -0.2) is 53.5 Å². The van der Waals surface area contributed by atoms with Crippen molar-refractivity contribution in [2.75, 3.05) is 47.0 Å². The molecule has 2 aromatic rings. The topological polar surface area (TPSA) is 92.3 Å². The van der Waals surface area contributed by atoms with Crippen LogP contribution in [-0.2, 0) is 22.3 Å². The fourth-order valence-corrected chi connectivity index (χ4v) is 4.82. The minimum Gasteiger partial charge on any atom is -0.493 e. The Kier molecular flexibility index (Phi) is 7.75. The van der Waals surface area contributed by atoms with Gasteiger partial charge in [0.2, 0.25) is 5.75 Å². The van der Waals surface area contributed by atoms with E-state index >= 15 is 0 Å². The van der Waals surface area contributed by atoms with E-state index in [1.54, 1.807) is 19.2 Å². The molecule has 1 amide bonds. The maximum Gasteiger partial charge on any atom is 0.341 e. The number of esters is 1. The largest absolute Gasteiger partial charge is 0.493 e. The molecule has 1 N–H and O–H groups in total. The summed E-state index contributed by atoms with van der Waals surface area (Å²) in [4.78, 5) is 27.0. The van der Waals surface area contributed by atoms with Crippen molar-refractivity contribution in [3.05, 3.63) is 33.7 Å². The third-order valence-corrected chi connectivity index (χ3v) is 6.26. The van der Waals surface area contributed by atoms with Gasteiger partial charge in [0.25, 0.3) is 5.91 Å². The predicted molar refractivity (Wildman–Crippen MR) is 117 cm³/mol. The van der Waals surface area contributed by atoms with Gasteiger partial charge in [0.05, 0.1) is 33.5 Å². The molecule has 3 rings (SSSR count). The van der Waals surface area contributed by atoms with Crippen molar-refractivity contribution >= 4 is 28.2 Å². The van der Waals surface area contributed by atoms with Gasteiger partial charge in [-0.15, -0.1) is 11.3 Å². The number of hydrogen-bond donors (Lipinski definition) is 1. The molecular weight excluding hydrogens is 422 g/mol.